The van der Waals surface area contributed by atoms with Gasteiger partial charge in [-0.2, -0.15) is 0 Å². The van der Waals surface area contributed by atoms with Crippen LogP contribution >= 0.6 is 68.4 Å². The Hall–Kier alpha value is -3.79. The lowest BCUT2D eigenvalue weighted by molar-refractivity contribution is -0.144. The average molecular weight is 1100 g/mol. The summed E-state index contributed by atoms with van der Waals surface area (Å²) in [5.41, 5.74) is 2.96. The van der Waals surface area contributed by atoms with Gasteiger partial charge in [0.05, 0.1) is 49.7 Å². The molecule has 0 aliphatic carbocycles. The van der Waals surface area contributed by atoms with Crippen LogP contribution in [0.3, 0.4) is 0 Å². The molecule has 4 N–H and O–H groups in total. The van der Waals surface area contributed by atoms with E-state index in [-0.39, 0.29) is 28.8 Å². The minimum absolute atomic E-state index is 0.0247. The van der Waals surface area contributed by atoms with Crippen molar-refractivity contribution in [3.63, 3.8) is 0 Å². The molecule has 0 spiro atoms. The van der Waals surface area contributed by atoms with Gasteiger partial charge in [0, 0.05) is 23.5 Å². The number of carbonyl (C=O) groups is 3. The maximum Gasteiger partial charge on any atom is 0.494 e. The molecule has 6 rings (SSSR count). The van der Waals surface area contributed by atoms with Crippen molar-refractivity contribution in [3.8, 4) is 11.5 Å². The molecular formula is C43H45BCl2I2N4O9. The molecule has 0 bridgehead atoms. The Balaban J connectivity index is 1.35. The van der Waals surface area contributed by atoms with Crippen molar-refractivity contribution in [3.05, 3.63) is 118 Å². The van der Waals surface area contributed by atoms with E-state index in [4.69, 9.17) is 51.5 Å². The molecule has 2 heterocycles. The molecule has 2 amide bonds. The first kappa shape index (κ1) is 46.7. The highest BCUT2D eigenvalue weighted by Gasteiger charge is 2.51. The van der Waals surface area contributed by atoms with Crippen LogP contribution in [0.15, 0.2) is 79.0 Å². The molecule has 0 unspecified atom stereocenters. The molecule has 4 aromatic carbocycles. The van der Waals surface area contributed by atoms with Crippen LogP contribution < -0.4 is 30.9 Å². The average Bonchev–Trinajstić information content (AvgIpc) is 3.72. The summed E-state index contributed by atoms with van der Waals surface area (Å²) in [5, 5.41) is 10.2. The molecule has 5 aromatic rings. The van der Waals surface area contributed by atoms with Crippen molar-refractivity contribution < 1.29 is 42.6 Å². The smallest absolute Gasteiger partial charge is 0.494 e. The molecule has 61 heavy (non-hydrogen) atoms. The number of benzene rings is 4. The lowest BCUT2D eigenvalue weighted by Crippen LogP contribution is -2.52. The predicted molar refractivity (Wildman–Crippen MR) is 251 cm³/mol. The summed E-state index contributed by atoms with van der Waals surface area (Å²) < 4.78 is 35.8. The number of amides is 2. The Morgan fingerprint density at radius 1 is 0.820 bits per heavy atom. The van der Waals surface area contributed by atoms with Gasteiger partial charge in [0.1, 0.15) is 30.6 Å². The van der Waals surface area contributed by atoms with E-state index in [1.807, 2.05) is 76.2 Å². The minimum Gasteiger partial charge on any atom is -0.495 e. The number of methoxy groups -OCH3 is 3. The highest BCUT2D eigenvalue weighted by atomic mass is 127. The third-order valence-electron chi connectivity index (χ3n) is 10.7. The van der Waals surface area contributed by atoms with Gasteiger partial charge in [-0.3, -0.25) is 10.1 Å². The zero-order valence-corrected chi connectivity index (χ0v) is 40.2. The van der Waals surface area contributed by atoms with Gasteiger partial charge in [0.2, 0.25) is 5.91 Å². The van der Waals surface area contributed by atoms with E-state index in [1.165, 1.54) is 14.2 Å². The third kappa shape index (κ3) is 10.7. The number of esters is 1. The van der Waals surface area contributed by atoms with Crippen molar-refractivity contribution in [2.24, 2.45) is 0 Å². The Labute approximate surface area is 392 Å². The fraction of sp³-hybridized carbons (Fsp3) is 0.326. The topological polar surface area (TPSA) is 158 Å². The fourth-order valence-electron chi connectivity index (χ4n) is 6.77. The number of halogens is 4. The van der Waals surface area contributed by atoms with Crippen LogP contribution in [0.5, 0.6) is 11.5 Å². The van der Waals surface area contributed by atoms with E-state index in [0.717, 1.165) is 34.6 Å². The fourth-order valence-corrected chi connectivity index (χ4v) is 9.68. The second-order valence-electron chi connectivity index (χ2n) is 15.3. The Kier molecular flexibility index (Phi) is 15.1. The van der Waals surface area contributed by atoms with Gasteiger partial charge in [0.15, 0.2) is 5.75 Å². The van der Waals surface area contributed by atoms with Gasteiger partial charge >= 0.3 is 19.2 Å². The van der Waals surface area contributed by atoms with Crippen molar-refractivity contribution in [2.45, 2.75) is 70.2 Å². The van der Waals surface area contributed by atoms with Gasteiger partial charge in [-0.05, 0) is 131 Å². The SMILES string of the molecule is COC(=O)[C@H](N[C@@H](NC(=O)[C@@H](Cc1c[nH]c2cc(B3OC(C)(C)C(C)(C)O3)ccc12)NC(=O)OCc1ccccc1)c1cc(Cl)c(OC)c(Cl)c1)c1cc(I)c(OC)c(I)c1. The molecule has 3 atom stereocenters. The molecule has 0 radical (unpaired) electrons. The maximum atomic E-state index is 14.7. The van der Waals surface area contributed by atoms with Crippen LogP contribution in [0.25, 0.3) is 10.9 Å². The number of fused-ring (bicyclic) bond motifs is 1. The molecular weight excluding hydrogens is 1050 g/mol. The predicted octanol–water partition coefficient (Wildman–Crippen LogP) is 8.16. The Morgan fingerprint density at radius 2 is 1.44 bits per heavy atom. The monoisotopic (exact) mass is 1100 g/mol. The van der Waals surface area contributed by atoms with Gasteiger partial charge in [0.25, 0.3) is 0 Å². The molecule has 1 aliphatic heterocycles. The van der Waals surface area contributed by atoms with E-state index in [1.54, 1.807) is 37.6 Å². The summed E-state index contributed by atoms with van der Waals surface area (Å²) >= 11 is 17.5. The van der Waals surface area contributed by atoms with Crippen molar-refractivity contribution >= 4 is 110 Å². The number of hydrogen-bond acceptors (Lipinski definition) is 10. The Bertz CT molecular complexity index is 2360. The van der Waals surface area contributed by atoms with Crippen LogP contribution in [-0.4, -0.2) is 68.6 Å². The van der Waals surface area contributed by atoms with Crippen LogP contribution in [0.2, 0.25) is 10.0 Å². The first-order chi connectivity index (χ1) is 28.9. The van der Waals surface area contributed by atoms with Crippen LogP contribution in [0, 0.1) is 7.14 Å². The first-order valence-corrected chi connectivity index (χ1v) is 22.0. The van der Waals surface area contributed by atoms with Crippen LogP contribution in [-0.2, 0) is 41.4 Å². The van der Waals surface area contributed by atoms with Gasteiger partial charge in [-0.1, -0.05) is 65.7 Å². The van der Waals surface area contributed by atoms with E-state index >= 15 is 0 Å². The molecule has 1 fully saturated rings. The molecule has 1 aromatic heterocycles. The highest BCUT2D eigenvalue weighted by molar-refractivity contribution is 14.1. The van der Waals surface area contributed by atoms with E-state index < -0.39 is 54.5 Å². The van der Waals surface area contributed by atoms with E-state index in [0.29, 0.717) is 16.9 Å². The number of H-pyrrole nitrogens is 1. The van der Waals surface area contributed by atoms with Crippen molar-refractivity contribution in [1.29, 1.82) is 0 Å². The third-order valence-corrected chi connectivity index (χ3v) is 12.9. The molecule has 0 saturated carbocycles. The van der Waals surface area contributed by atoms with Crippen molar-refractivity contribution in [2.75, 3.05) is 21.3 Å². The first-order valence-electron chi connectivity index (χ1n) is 19.1. The Morgan fingerprint density at radius 3 is 2.03 bits per heavy atom. The molecule has 18 heteroatoms. The van der Waals surface area contributed by atoms with Gasteiger partial charge < -0.3 is 43.9 Å². The van der Waals surface area contributed by atoms with Gasteiger partial charge in [-0.25, -0.2) is 9.59 Å². The van der Waals surface area contributed by atoms with Gasteiger partial charge in [-0.15, -0.1) is 0 Å². The highest BCUT2D eigenvalue weighted by Crippen LogP contribution is 2.38. The summed E-state index contributed by atoms with van der Waals surface area (Å²) in [6.45, 7) is 7.96. The summed E-state index contributed by atoms with van der Waals surface area (Å²) in [6, 6.07) is 19.4. The number of hydrogen-bond donors (Lipinski definition) is 4. The number of aromatic amines is 1. The van der Waals surface area contributed by atoms with E-state index in [2.05, 4.69) is 66.1 Å². The quantitative estimate of drug-likeness (QED) is 0.0349. The summed E-state index contributed by atoms with van der Waals surface area (Å²) in [6.07, 6.45) is -0.130. The summed E-state index contributed by atoms with van der Waals surface area (Å²) in [5.74, 6) is -0.396. The molecule has 322 valence electrons. The number of ether oxygens (including phenoxy) is 4. The number of alkyl carbamates (subject to hydrolysis) is 1. The maximum absolute atomic E-state index is 14.7. The molecule has 13 nitrogen and oxygen atoms in total. The second kappa shape index (κ2) is 19.7. The molecule has 1 saturated heterocycles. The van der Waals surface area contributed by atoms with Crippen molar-refractivity contribution in [1.82, 2.24) is 20.9 Å². The number of aromatic nitrogens is 1. The number of carbonyl (C=O) groups excluding carboxylic acids is 3. The zero-order chi connectivity index (χ0) is 44.2. The zero-order valence-electron chi connectivity index (χ0n) is 34.4. The largest absolute Gasteiger partial charge is 0.495 e. The lowest BCUT2D eigenvalue weighted by atomic mass is 9.78. The number of rotatable bonds is 15. The molecule has 1 aliphatic rings. The normalized spacial score (nSPS) is 15.8. The standard InChI is InChI=1S/C43H45BCl2I2N4O9/c1-42(2)43(3,4)61-44(60-42)27-13-14-28-26(21-49-33(28)20-27)19-34(50-41(55)59-22-23-11-9-8-10-12-23)39(53)52-38(25-15-29(45)36(56-5)30(46)16-25)51-35(40(54)58-7)24-17-31(47)37(57-6)32(48)18-24/h8-18,20-21,34-35,38,49,51H,19,22H2,1-7H3,(H,50,55)(H,52,53)/t34-,35-,38+/m1/s1. The van der Waals surface area contributed by atoms with E-state index in [9.17, 15) is 14.4 Å². The van der Waals surface area contributed by atoms with Crippen LogP contribution in [0.1, 0.15) is 62.2 Å². The lowest BCUT2D eigenvalue weighted by Gasteiger charge is -2.32. The minimum atomic E-state index is -1.20. The summed E-state index contributed by atoms with van der Waals surface area (Å²) in [4.78, 5) is 45.0. The number of nitrogens with one attached hydrogen (secondary N) is 4. The summed E-state index contributed by atoms with van der Waals surface area (Å²) in [7, 11) is 3.69. The van der Waals surface area contributed by atoms with Crippen LogP contribution in [0.4, 0.5) is 4.79 Å². The second-order valence-corrected chi connectivity index (χ2v) is 18.4.